The van der Waals surface area contributed by atoms with Gasteiger partial charge in [-0.25, -0.2) is 4.98 Å². The SMILES string of the molecule is CCCNC(=O)c1ccccc1NC(=O)c1cccc(OCc2cn3cccc(C)c3n2)c1. The molecule has 0 aliphatic carbocycles. The fourth-order valence-electron chi connectivity index (χ4n) is 3.48. The number of nitrogens with one attached hydrogen (secondary N) is 2. The maximum Gasteiger partial charge on any atom is 0.255 e. The summed E-state index contributed by atoms with van der Waals surface area (Å²) in [4.78, 5) is 29.9. The third-order valence-corrected chi connectivity index (χ3v) is 5.17. The first kappa shape index (κ1) is 22.1. The average molecular weight is 443 g/mol. The quantitative estimate of drug-likeness (QED) is 0.417. The van der Waals surface area contributed by atoms with E-state index in [1.165, 1.54) is 0 Å². The Kier molecular flexibility index (Phi) is 6.69. The Morgan fingerprint density at radius 2 is 1.88 bits per heavy atom. The van der Waals surface area contributed by atoms with Gasteiger partial charge in [0.2, 0.25) is 0 Å². The van der Waals surface area contributed by atoms with E-state index in [9.17, 15) is 9.59 Å². The molecule has 0 unspecified atom stereocenters. The number of nitrogens with zero attached hydrogens (tertiary/aromatic N) is 2. The van der Waals surface area contributed by atoms with Gasteiger partial charge >= 0.3 is 0 Å². The number of aryl methyl sites for hydroxylation is 1. The number of pyridine rings is 1. The molecule has 0 saturated heterocycles. The number of hydrogen-bond acceptors (Lipinski definition) is 4. The number of carbonyl (C=O) groups excluding carboxylic acids is 2. The zero-order valence-corrected chi connectivity index (χ0v) is 18.7. The molecule has 0 spiro atoms. The lowest BCUT2D eigenvalue weighted by atomic mass is 10.1. The van der Waals surface area contributed by atoms with Gasteiger partial charge in [-0.15, -0.1) is 0 Å². The number of ether oxygens (including phenoxy) is 1. The van der Waals surface area contributed by atoms with Gasteiger partial charge in [-0.2, -0.15) is 0 Å². The predicted molar refractivity (Wildman–Crippen MR) is 128 cm³/mol. The highest BCUT2D eigenvalue weighted by Gasteiger charge is 2.14. The highest BCUT2D eigenvalue weighted by atomic mass is 16.5. The summed E-state index contributed by atoms with van der Waals surface area (Å²) in [6.07, 6.45) is 4.71. The van der Waals surface area contributed by atoms with Gasteiger partial charge in [-0.1, -0.05) is 31.2 Å². The molecule has 0 aliphatic heterocycles. The number of rotatable bonds is 8. The first-order valence-corrected chi connectivity index (χ1v) is 10.9. The predicted octanol–water partition coefficient (Wildman–Crippen LogP) is 4.61. The van der Waals surface area contributed by atoms with E-state index in [2.05, 4.69) is 15.6 Å². The van der Waals surface area contributed by atoms with Crippen LogP contribution in [-0.4, -0.2) is 27.7 Å². The third-order valence-electron chi connectivity index (χ3n) is 5.17. The monoisotopic (exact) mass is 442 g/mol. The summed E-state index contributed by atoms with van der Waals surface area (Å²) in [5, 5.41) is 5.68. The lowest BCUT2D eigenvalue weighted by Crippen LogP contribution is -2.25. The van der Waals surface area contributed by atoms with E-state index in [0.29, 0.717) is 29.1 Å². The Balaban J connectivity index is 1.45. The fraction of sp³-hybridized carbons (Fsp3) is 0.192. The number of para-hydroxylation sites is 1. The molecule has 0 aliphatic rings. The molecule has 33 heavy (non-hydrogen) atoms. The zero-order valence-electron chi connectivity index (χ0n) is 18.7. The van der Waals surface area contributed by atoms with Crippen LogP contribution in [0, 0.1) is 6.92 Å². The minimum atomic E-state index is -0.320. The summed E-state index contributed by atoms with van der Waals surface area (Å²) < 4.78 is 7.85. The van der Waals surface area contributed by atoms with E-state index in [1.807, 2.05) is 42.8 Å². The van der Waals surface area contributed by atoms with Crippen molar-refractivity contribution in [2.75, 3.05) is 11.9 Å². The molecule has 2 amide bonds. The standard InChI is InChI=1S/C26H26N4O3/c1-3-13-27-26(32)22-11-4-5-12-23(22)29-25(31)19-9-6-10-21(15-19)33-17-20-16-30-14-7-8-18(2)24(30)28-20/h4-12,14-16H,3,13,17H2,1-2H3,(H,27,32)(H,29,31). The van der Waals surface area contributed by atoms with Crippen LogP contribution in [0.4, 0.5) is 5.69 Å². The highest BCUT2D eigenvalue weighted by molar-refractivity contribution is 6.09. The van der Waals surface area contributed by atoms with E-state index in [0.717, 1.165) is 23.3 Å². The van der Waals surface area contributed by atoms with E-state index in [-0.39, 0.29) is 18.4 Å². The fourth-order valence-corrected chi connectivity index (χ4v) is 3.48. The van der Waals surface area contributed by atoms with Crippen LogP contribution < -0.4 is 15.4 Å². The second kappa shape index (κ2) is 9.99. The van der Waals surface area contributed by atoms with Crippen LogP contribution >= 0.6 is 0 Å². The zero-order chi connectivity index (χ0) is 23.2. The van der Waals surface area contributed by atoms with Gasteiger partial charge in [0.1, 0.15) is 18.0 Å². The largest absolute Gasteiger partial charge is 0.487 e. The van der Waals surface area contributed by atoms with Gasteiger partial charge in [-0.3, -0.25) is 9.59 Å². The maximum atomic E-state index is 12.9. The van der Waals surface area contributed by atoms with Crippen LogP contribution in [0.2, 0.25) is 0 Å². The number of carbonyl (C=O) groups is 2. The molecule has 2 aromatic carbocycles. The van der Waals surface area contributed by atoms with Crippen molar-refractivity contribution in [2.24, 2.45) is 0 Å². The molecule has 2 N–H and O–H groups in total. The molecule has 0 saturated carbocycles. The number of aromatic nitrogens is 2. The van der Waals surface area contributed by atoms with E-state index < -0.39 is 0 Å². The molecule has 0 bridgehead atoms. The van der Waals surface area contributed by atoms with E-state index in [4.69, 9.17) is 4.74 Å². The maximum absolute atomic E-state index is 12.9. The number of hydrogen-bond donors (Lipinski definition) is 2. The molecular formula is C26H26N4O3. The Hall–Kier alpha value is -4.13. The second-order valence-corrected chi connectivity index (χ2v) is 7.73. The van der Waals surface area contributed by atoms with Crippen molar-refractivity contribution in [3.05, 3.63) is 95.4 Å². The second-order valence-electron chi connectivity index (χ2n) is 7.73. The molecule has 0 radical (unpaired) electrons. The summed E-state index contributed by atoms with van der Waals surface area (Å²) in [5.74, 6) is 0.0254. The van der Waals surface area contributed by atoms with Crippen molar-refractivity contribution in [3.63, 3.8) is 0 Å². The molecule has 2 heterocycles. The molecule has 7 nitrogen and oxygen atoms in total. The number of imidazole rings is 1. The van der Waals surface area contributed by atoms with Gasteiger partial charge in [0.25, 0.3) is 11.8 Å². The van der Waals surface area contributed by atoms with Gasteiger partial charge in [-0.05, 0) is 55.3 Å². The van der Waals surface area contributed by atoms with Gasteiger partial charge in [0, 0.05) is 24.5 Å². The first-order chi connectivity index (χ1) is 16.0. The van der Waals surface area contributed by atoms with Crippen molar-refractivity contribution in [1.29, 1.82) is 0 Å². The van der Waals surface area contributed by atoms with Gasteiger partial charge in [0.05, 0.1) is 16.9 Å². The Bertz CT molecular complexity index is 1300. The van der Waals surface area contributed by atoms with Crippen LogP contribution in [0.25, 0.3) is 5.65 Å². The minimum absolute atomic E-state index is 0.215. The van der Waals surface area contributed by atoms with Crippen molar-refractivity contribution in [2.45, 2.75) is 26.9 Å². The summed E-state index contributed by atoms with van der Waals surface area (Å²) in [7, 11) is 0. The normalized spacial score (nSPS) is 10.7. The Labute approximate surface area is 192 Å². The highest BCUT2D eigenvalue weighted by Crippen LogP contribution is 2.20. The van der Waals surface area contributed by atoms with Crippen molar-refractivity contribution >= 4 is 23.1 Å². The smallest absolute Gasteiger partial charge is 0.255 e. The molecule has 2 aromatic heterocycles. The van der Waals surface area contributed by atoms with E-state index in [1.54, 1.807) is 48.5 Å². The Morgan fingerprint density at radius 1 is 1.03 bits per heavy atom. The minimum Gasteiger partial charge on any atom is -0.487 e. The Morgan fingerprint density at radius 3 is 2.70 bits per heavy atom. The molecule has 0 fully saturated rings. The van der Waals surface area contributed by atoms with E-state index >= 15 is 0 Å². The van der Waals surface area contributed by atoms with Crippen LogP contribution in [0.5, 0.6) is 5.75 Å². The van der Waals surface area contributed by atoms with Gasteiger partial charge < -0.3 is 19.8 Å². The van der Waals surface area contributed by atoms with Gasteiger partial charge in [0.15, 0.2) is 0 Å². The number of amides is 2. The topological polar surface area (TPSA) is 84.7 Å². The summed E-state index contributed by atoms with van der Waals surface area (Å²) >= 11 is 0. The molecule has 7 heteroatoms. The van der Waals surface area contributed by atoms with Crippen molar-refractivity contribution in [3.8, 4) is 5.75 Å². The third kappa shape index (κ3) is 5.20. The molecule has 0 atom stereocenters. The lowest BCUT2D eigenvalue weighted by molar-refractivity contribution is 0.0954. The van der Waals surface area contributed by atoms with Crippen molar-refractivity contribution in [1.82, 2.24) is 14.7 Å². The van der Waals surface area contributed by atoms with Crippen LogP contribution in [0.1, 0.15) is 45.3 Å². The lowest BCUT2D eigenvalue weighted by Gasteiger charge is -2.12. The number of fused-ring (bicyclic) bond motifs is 1. The first-order valence-electron chi connectivity index (χ1n) is 10.9. The van der Waals surface area contributed by atoms with Crippen LogP contribution in [-0.2, 0) is 6.61 Å². The molecule has 168 valence electrons. The number of anilines is 1. The van der Waals surface area contributed by atoms with Crippen LogP contribution in [0.15, 0.2) is 73.1 Å². The average Bonchev–Trinajstić information content (AvgIpc) is 3.26. The molecule has 4 rings (SSSR count). The summed E-state index contributed by atoms with van der Waals surface area (Å²) in [6.45, 7) is 4.86. The molecular weight excluding hydrogens is 416 g/mol. The summed E-state index contributed by atoms with van der Waals surface area (Å²) in [5.41, 5.74) is 4.10. The summed E-state index contributed by atoms with van der Waals surface area (Å²) in [6, 6.07) is 17.9. The van der Waals surface area contributed by atoms with Crippen LogP contribution in [0.3, 0.4) is 0 Å². The number of benzene rings is 2. The van der Waals surface area contributed by atoms with Crippen molar-refractivity contribution < 1.29 is 14.3 Å². The molecule has 4 aromatic rings.